The lowest BCUT2D eigenvalue weighted by Gasteiger charge is -2.13. The minimum Gasteiger partial charge on any atom is -0.504 e. The van der Waals surface area contributed by atoms with Gasteiger partial charge in [-0.25, -0.2) is 4.79 Å². The Morgan fingerprint density at radius 3 is 2.20 bits per heavy atom. The lowest BCUT2D eigenvalue weighted by atomic mass is 10.1. The summed E-state index contributed by atoms with van der Waals surface area (Å²) in [5.74, 6) is -1.26. The Hall–Kier alpha value is -1.91. The number of carbonyl (C=O) groups is 1. The fraction of sp³-hybridized carbons (Fsp3) is 0.300. The molecule has 0 heterocycles. The lowest BCUT2D eigenvalue weighted by Crippen LogP contribution is -2.02. The van der Waals surface area contributed by atoms with Gasteiger partial charge in [-0.3, -0.25) is 0 Å². The van der Waals surface area contributed by atoms with Gasteiger partial charge in [0.15, 0.2) is 11.5 Å². The van der Waals surface area contributed by atoms with Crippen LogP contribution in [0.3, 0.4) is 0 Å². The molecule has 0 radical (unpaired) electrons. The van der Waals surface area contributed by atoms with Crippen LogP contribution in [0.5, 0.6) is 17.2 Å². The van der Waals surface area contributed by atoms with E-state index in [4.69, 9.17) is 14.6 Å². The number of hydrogen-bond acceptors (Lipinski definition) is 4. The molecule has 0 bridgehead atoms. The van der Waals surface area contributed by atoms with Gasteiger partial charge in [-0.1, -0.05) is 0 Å². The molecule has 1 rings (SSSR count). The van der Waals surface area contributed by atoms with Crippen LogP contribution in [-0.4, -0.2) is 30.4 Å². The van der Waals surface area contributed by atoms with Crippen molar-refractivity contribution < 1.29 is 24.5 Å². The van der Waals surface area contributed by atoms with Crippen LogP contribution in [-0.2, 0) is 0 Å². The van der Waals surface area contributed by atoms with Crippen LogP contribution in [0.4, 0.5) is 0 Å². The van der Waals surface area contributed by atoms with Gasteiger partial charge >= 0.3 is 5.97 Å². The van der Waals surface area contributed by atoms with Gasteiger partial charge in [0.25, 0.3) is 0 Å². The molecule has 1 aromatic carbocycles. The third kappa shape index (κ3) is 1.81. The highest BCUT2D eigenvalue weighted by Gasteiger charge is 2.20. The van der Waals surface area contributed by atoms with E-state index in [9.17, 15) is 9.90 Å². The molecular formula is C10H12O5. The number of hydrogen-bond donors (Lipinski definition) is 2. The van der Waals surface area contributed by atoms with Crippen molar-refractivity contribution in [3.05, 3.63) is 17.2 Å². The molecule has 5 heteroatoms. The Bertz CT molecular complexity index is 397. The van der Waals surface area contributed by atoms with Crippen LogP contribution < -0.4 is 9.47 Å². The third-order valence-corrected chi connectivity index (χ3v) is 2.03. The molecule has 0 aromatic heterocycles. The minimum atomic E-state index is -1.21. The van der Waals surface area contributed by atoms with Crippen molar-refractivity contribution in [2.75, 3.05) is 14.2 Å². The van der Waals surface area contributed by atoms with Gasteiger partial charge in [-0.15, -0.1) is 0 Å². The molecule has 0 aliphatic rings. The number of methoxy groups -OCH3 is 2. The molecule has 0 aliphatic heterocycles. The maximum atomic E-state index is 10.8. The van der Waals surface area contributed by atoms with Crippen LogP contribution in [0, 0.1) is 6.92 Å². The first kappa shape index (κ1) is 11.2. The van der Waals surface area contributed by atoms with Crippen molar-refractivity contribution in [1.29, 1.82) is 0 Å². The number of carboxylic acid groups (broad SMARTS) is 1. The Labute approximate surface area is 86.9 Å². The molecule has 82 valence electrons. The summed E-state index contributed by atoms with van der Waals surface area (Å²) in [5.41, 5.74) is 0.384. The quantitative estimate of drug-likeness (QED) is 0.792. The summed E-state index contributed by atoms with van der Waals surface area (Å²) < 4.78 is 9.90. The Balaban J connectivity index is 3.51. The number of ether oxygens (including phenoxy) is 2. The van der Waals surface area contributed by atoms with Gasteiger partial charge in [0, 0.05) is 0 Å². The summed E-state index contributed by atoms with van der Waals surface area (Å²) >= 11 is 0. The van der Waals surface area contributed by atoms with E-state index in [1.807, 2.05) is 0 Å². The molecule has 2 N–H and O–H groups in total. The Morgan fingerprint density at radius 2 is 1.80 bits per heavy atom. The van der Waals surface area contributed by atoms with Gasteiger partial charge in [0.1, 0.15) is 5.56 Å². The molecule has 0 saturated heterocycles. The zero-order valence-corrected chi connectivity index (χ0v) is 8.70. The Morgan fingerprint density at radius 1 is 1.27 bits per heavy atom. The monoisotopic (exact) mass is 212 g/mol. The maximum Gasteiger partial charge on any atom is 0.339 e. The number of aromatic carboxylic acids is 1. The predicted octanol–water partition coefficient (Wildman–Crippen LogP) is 1.42. The van der Waals surface area contributed by atoms with Crippen LogP contribution in [0.15, 0.2) is 6.07 Å². The van der Waals surface area contributed by atoms with E-state index in [0.29, 0.717) is 11.3 Å². The van der Waals surface area contributed by atoms with E-state index in [2.05, 4.69) is 0 Å². The summed E-state index contributed by atoms with van der Waals surface area (Å²) in [5, 5.41) is 18.4. The number of rotatable bonds is 3. The smallest absolute Gasteiger partial charge is 0.339 e. The standard InChI is InChI=1S/C10H12O5/c1-5-4-6(10(12)13)7(11)9(15-3)8(5)14-2/h4,11H,1-3H3,(H,12,13). The van der Waals surface area contributed by atoms with Crippen LogP contribution in [0.25, 0.3) is 0 Å². The van der Waals surface area contributed by atoms with Gasteiger partial charge < -0.3 is 19.7 Å². The van der Waals surface area contributed by atoms with E-state index in [1.165, 1.54) is 20.3 Å². The molecule has 0 saturated carbocycles. The zero-order valence-electron chi connectivity index (χ0n) is 8.70. The average Bonchev–Trinajstić information content (AvgIpc) is 2.19. The molecule has 0 aliphatic carbocycles. The summed E-state index contributed by atoms with van der Waals surface area (Å²) in [6.07, 6.45) is 0. The Kier molecular flexibility index (Phi) is 3.04. The van der Waals surface area contributed by atoms with Crippen molar-refractivity contribution in [3.8, 4) is 17.2 Å². The first-order valence-electron chi connectivity index (χ1n) is 4.20. The summed E-state index contributed by atoms with van der Waals surface area (Å²) in [6, 6.07) is 1.33. The van der Waals surface area contributed by atoms with Crippen LogP contribution >= 0.6 is 0 Å². The first-order valence-corrected chi connectivity index (χ1v) is 4.20. The minimum absolute atomic E-state index is 0.0369. The number of carboxylic acids is 1. The van der Waals surface area contributed by atoms with Crippen molar-refractivity contribution >= 4 is 5.97 Å². The number of aryl methyl sites for hydroxylation is 1. The summed E-state index contributed by atoms with van der Waals surface area (Å²) in [4.78, 5) is 10.8. The van der Waals surface area contributed by atoms with E-state index in [-0.39, 0.29) is 11.3 Å². The van der Waals surface area contributed by atoms with Gasteiger partial charge in [-0.05, 0) is 18.6 Å². The molecule has 0 amide bonds. The highest BCUT2D eigenvalue weighted by atomic mass is 16.5. The van der Waals surface area contributed by atoms with E-state index in [0.717, 1.165) is 0 Å². The molecule has 0 unspecified atom stereocenters. The number of benzene rings is 1. The van der Waals surface area contributed by atoms with Crippen LogP contribution in [0.2, 0.25) is 0 Å². The van der Waals surface area contributed by atoms with Gasteiger partial charge in [-0.2, -0.15) is 0 Å². The van der Waals surface area contributed by atoms with Gasteiger partial charge in [0.05, 0.1) is 14.2 Å². The third-order valence-electron chi connectivity index (χ3n) is 2.03. The number of phenols is 1. The molecular weight excluding hydrogens is 200 g/mol. The SMILES string of the molecule is COc1c(C)cc(C(=O)O)c(O)c1OC. The van der Waals surface area contributed by atoms with E-state index in [1.54, 1.807) is 6.92 Å². The fourth-order valence-corrected chi connectivity index (χ4v) is 1.37. The largest absolute Gasteiger partial charge is 0.504 e. The fourth-order valence-electron chi connectivity index (χ4n) is 1.37. The highest BCUT2D eigenvalue weighted by molar-refractivity contribution is 5.93. The molecule has 1 aromatic rings. The van der Waals surface area contributed by atoms with Crippen LogP contribution in [0.1, 0.15) is 15.9 Å². The zero-order chi connectivity index (χ0) is 11.6. The van der Waals surface area contributed by atoms with Crippen molar-refractivity contribution in [3.63, 3.8) is 0 Å². The molecule has 5 nitrogen and oxygen atoms in total. The molecule has 15 heavy (non-hydrogen) atoms. The summed E-state index contributed by atoms with van der Waals surface area (Å²) in [7, 11) is 2.76. The normalized spacial score (nSPS) is 9.80. The predicted molar refractivity (Wildman–Crippen MR) is 52.9 cm³/mol. The summed E-state index contributed by atoms with van der Waals surface area (Å²) in [6.45, 7) is 1.67. The second-order valence-electron chi connectivity index (χ2n) is 2.96. The second kappa shape index (κ2) is 4.08. The van der Waals surface area contributed by atoms with Gasteiger partial charge in [0.2, 0.25) is 5.75 Å². The first-order chi connectivity index (χ1) is 7.02. The molecule has 0 fully saturated rings. The molecule has 0 spiro atoms. The topological polar surface area (TPSA) is 76.0 Å². The average molecular weight is 212 g/mol. The number of aromatic hydroxyl groups is 1. The lowest BCUT2D eigenvalue weighted by molar-refractivity contribution is 0.0693. The van der Waals surface area contributed by atoms with E-state index < -0.39 is 11.7 Å². The second-order valence-corrected chi connectivity index (χ2v) is 2.96. The highest BCUT2D eigenvalue weighted by Crippen LogP contribution is 2.41. The van der Waals surface area contributed by atoms with Crippen molar-refractivity contribution in [1.82, 2.24) is 0 Å². The molecule has 0 atom stereocenters. The van der Waals surface area contributed by atoms with Crippen molar-refractivity contribution in [2.45, 2.75) is 6.92 Å². The maximum absolute atomic E-state index is 10.8. The van der Waals surface area contributed by atoms with Crippen molar-refractivity contribution in [2.24, 2.45) is 0 Å². The van der Waals surface area contributed by atoms with E-state index >= 15 is 0 Å².